The molecular weight excluding hydrogens is 299 g/mol. The molecule has 6 heteroatoms. The van der Waals surface area contributed by atoms with Gasteiger partial charge in [0.25, 0.3) is 0 Å². The van der Waals surface area contributed by atoms with Crippen molar-refractivity contribution in [3.05, 3.63) is 65.9 Å². The zero-order valence-corrected chi connectivity index (χ0v) is 12.9. The summed E-state index contributed by atoms with van der Waals surface area (Å²) in [5.74, 6) is -0.577. The Labute approximate surface area is 133 Å². The number of benzene rings is 1. The minimum absolute atomic E-state index is 0.116. The first-order valence-electron chi connectivity index (χ1n) is 6.91. The zero-order chi connectivity index (χ0) is 16.8. The van der Waals surface area contributed by atoms with Crippen LogP contribution in [0.4, 0.5) is 4.39 Å². The average Bonchev–Trinajstić information content (AvgIpc) is 2.53. The number of ketones is 1. The molecule has 23 heavy (non-hydrogen) atoms. The maximum atomic E-state index is 12.7. The Morgan fingerprint density at radius 2 is 2.13 bits per heavy atom. The van der Waals surface area contributed by atoms with Gasteiger partial charge in [0.05, 0.1) is 5.56 Å². The van der Waals surface area contributed by atoms with Crippen LogP contribution in [-0.2, 0) is 6.61 Å². The van der Waals surface area contributed by atoms with Gasteiger partial charge in [0, 0.05) is 38.1 Å². The van der Waals surface area contributed by atoms with Crippen molar-refractivity contribution in [3.8, 4) is 11.5 Å². The molecule has 2 aromatic rings. The second-order valence-corrected chi connectivity index (χ2v) is 5.10. The van der Waals surface area contributed by atoms with Crippen LogP contribution in [-0.4, -0.2) is 34.9 Å². The molecule has 0 aliphatic heterocycles. The van der Waals surface area contributed by atoms with Crippen molar-refractivity contribution in [2.45, 2.75) is 6.61 Å². The Bertz CT molecular complexity index is 712. The van der Waals surface area contributed by atoms with Gasteiger partial charge in [-0.05, 0) is 30.3 Å². The maximum absolute atomic E-state index is 12.7. The minimum atomic E-state index is -0.557. The third kappa shape index (κ3) is 4.81. The van der Waals surface area contributed by atoms with Gasteiger partial charge in [-0.25, -0.2) is 4.98 Å². The number of halogens is 1. The van der Waals surface area contributed by atoms with Gasteiger partial charge < -0.3 is 14.7 Å². The predicted molar refractivity (Wildman–Crippen MR) is 83.8 cm³/mol. The second-order valence-electron chi connectivity index (χ2n) is 5.10. The SMILES string of the molecule is CN(C)C=CC(=O)c1cc(OCc2ccc(F)nc2)ccc1O. The molecule has 1 heterocycles. The predicted octanol–water partition coefficient (Wildman–Crippen LogP) is 2.76. The normalized spacial score (nSPS) is 10.7. The maximum Gasteiger partial charge on any atom is 0.212 e. The number of carbonyl (C=O) groups excluding carboxylic acids is 1. The first kappa shape index (κ1) is 16.5. The molecule has 0 bridgehead atoms. The molecule has 0 saturated heterocycles. The summed E-state index contributed by atoms with van der Waals surface area (Å²) >= 11 is 0. The Kier molecular flexibility index (Phi) is 5.30. The van der Waals surface area contributed by atoms with Gasteiger partial charge >= 0.3 is 0 Å². The van der Waals surface area contributed by atoms with Crippen LogP contribution in [0.3, 0.4) is 0 Å². The molecule has 0 aliphatic rings. The molecule has 1 N–H and O–H groups in total. The van der Waals surface area contributed by atoms with Crippen LogP contribution in [0.1, 0.15) is 15.9 Å². The van der Waals surface area contributed by atoms with Gasteiger partial charge in [-0.15, -0.1) is 0 Å². The van der Waals surface area contributed by atoms with Crippen LogP contribution >= 0.6 is 0 Å². The molecule has 2 rings (SSSR count). The van der Waals surface area contributed by atoms with Crippen molar-refractivity contribution in [1.82, 2.24) is 9.88 Å². The number of hydrogen-bond acceptors (Lipinski definition) is 5. The topological polar surface area (TPSA) is 62.7 Å². The lowest BCUT2D eigenvalue weighted by atomic mass is 10.1. The summed E-state index contributed by atoms with van der Waals surface area (Å²) in [6, 6.07) is 7.23. The van der Waals surface area contributed by atoms with E-state index in [1.54, 1.807) is 37.3 Å². The van der Waals surface area contributed by atoms with E-state index in [9.17, 15) is 14.3 Å². The molecule has 120 valence electrons. The van der Waals surface area contributed by atoms with Crippen molar-refractivity contribution >= 4 is 5.78 Å². The molecule has 0 fully saturated rings. The van der Waals surface area contributed by atoms with Crippen molar-refractivity contribution in [3.63, 3.8) is 0 Å². The second kappa shape index (κ2) is 7.40. The number of allylic oxidation sites excluding steroid dienone is 1. The van der Waals surface area contributed by atoms with E-state index in [-0.39, 0.29) is 23.7 Å². The zero-order valence-electron chi connectivity index (χ0n) is 12.9. The van der Waals surface area contributed by atoms with Crippen molar-refractivity contribution in [1.29, 1.82) is 0 Å². The summed E-state index contributed by atoms with van der Waals surface area (Å²) in [4.78, 5) is 17.3. The van der Waals surface area contributed by atoms with Crippen LogP contribution in [0.25, 0.3) is 0 Å². The number of pyridine rings is 1. The number of nitrogens with zero attached hydrogens (tertiary/aromatic N) is 2. The number of aromatic nitrogens is 1. The van der Waals surface area contributed by atoms with Gasteiger partial charge in [-0.3, -0.25) is 4.79 Å². The van der Waals surface area contributed by atoms with Crippen LogP contribution in [0, 0.1) is 5.95 Å². The van der Waals surface area contributed by atoms with E-state index in [1.807, 2.05) is 0 Å². The molecule has 0 spiro atoms. The largest absolute Gasteiger partial charge is 0.507 e. The van der Waals surface area contributed by atoms with Gasteiger partial charge in [-0.1, -0.05) is 0 Å². The van der Waals surface area contributed by atoms with Gasteiger partial charge in [0.2, 0.25) is 5.95 Å². The molecular formula is C17H17FN2O3. The number of rotatable bonds is 6. The highest BCUT2D eigenvalue weighted by molar-refractivity contribution is 6.06. The summed E-state index contributed by atoms with van der Waals surface area (Å²) in [6.07, 6.45) is 4.34. The number of aromatic hydroxyl groups is 1. The Hall–Kier alpha value is -2.89. The Morgan fingerprint density at radius 1 is 1.35 bits per heavy atom. The fraction of sp³-hybridized carbons (Fsp3) is 0.176. The molecule has 1 aromatic heterocycles. The van der Waals surface area contributed by atoms with Crippen LogP contribution in [0.2, 0.25) is 0 Å². The van der Waals surface area contributed by atoms with Gasteiger partial charge in [0.1, 0.15) is 18.1 Å². The lowest BCUT2D eigenvalue weighted by Crippen LogP contribution is -2.04. The van der Waals surface area contributed by atoms with E-state index in [0.717, 1.165) is 0 Å². The van der Waals surface area contributed by atoms with Gasteiger partial charge in [0.15, 0.2) is 5.78 Å². The van der Waals surface area contributed by atoms with Gasteiger partial charge in [-0.2, -0.15) is 4.39 Å². The number of phenolic OH excluding ortho intramolecular Hbond substituents is 1. The van der Waals surface area contributed by atoms with E-state index < -0.39 is 5.95 Å². The fourth-order valence-electron chi connectivity index (χ4n) is 1.77. The van der Waals surface area contributed by atoms with Crippen molar-refractivity contribution < 1.29 is 19.0 Å². The van der Waals surface area contributed by atoms with Crippen LogP contribution < -0.4 is 4.74 Å². The third-order valence-corrected chi connectivity index (χ3v) is 2.95. The average molecular weight is 316 g/mol. The van der Waals surface area contributed by atoms with E-state index >= 15 is 0 Å². The van der Waals surface area contributed by atoms with Crippen molar-refractivity contribution in [2.75, 3.05) is 14.1 Å². The lowest BCUT2D eigenvalue weighted by Gasteiger charge is -2.09. The quantitative estimate of drug-likeness (QED) is 0.504. The fourth-order valence-corrected chi connectivity index (χ4v) is 1.77. The highest BCUT2D eigenvalue weighted by Gasteiger charge is 2.10. The minimum Gasteiger partial charge on any atom is -0.507 e. The van der Waals surface area contributed by atoms with E-state index in [4.69, 9.17) is 4.74 Å². The summed E-state index contributed by atoms with van der Waals surface area (Å²) in [6.45, 7) is 0.180. The molecule has 1 aromatic carbocycles. The molecule has 0 aliphatic carbocycles. The van der Waals surface area contributed by atoms with Crippen LogP contribution in [0.15, 0.2) is 48.8 Å². The standard InChI is InChI=1S/C17H17FN2O3/c1-20(2)8-7-16(22)14-9-13(4-5-15(14)21)23-11-12-3-6-17(18)19-10-12/h3-10,21H,11H2,1-2H3. The first-order valence-corrected chi connectivity index (χ1v) is 6.91. The smallest absolute Gasteiger partial charge is 0.212 e. The summed E-state index contributed by atoms with van der Waals surface area (Å²) in [5.41, 5.74) is 0.845. The first-order chi connectivity index (χ1) is 11.0. The number of hydrogen-bond donors (Lipinski definition) is 1. The summed E-state index contributed by atoms with van der Waals surface area (Å²) < 4.78 is 18.3. The summed E-state index contributed by atoms with van der Waals surface area (Å²) in [7, 11) is 3.58. The lowest BCUT2D eigenvalue weighted by molar-refractivity contribution is 0.104. The third-order valence-electron chi connectivity index (χ3n) is 2.95. The molecule has 0 saturated carbocycles. The monoisotopic (exact) mass is 316 g/mol. The Balaban J connectivity index is 2.10. The molecule has 0 unspecified atom stereocenters. The van der Waals surface area contributed by atoms with Crippen LogP contribution in [0.5, 0.6) is 11.5 Å². The summed E-state index contributed by atoms with van der Waals surface area (Å²) in [5, 5.41) is 9.81. The molecule has 5 nitrogen and oxygen atoms in total. The molecule has 0 amide bonds. The highest BCUT2D eigenvalue weighted by Crippen LogP contribution is 2.24. The Morgan fingerprint density at radius 3 is 2.78 bits per heavy atom. The highest BCUT2D eigenvalue weighted by atomic mass is 19.1. The van der Waals surface area contributed by atoms with E-state index in [0.29, 0.717) is 11.3 Å². The molecule has 0 radical (unpaired) electrons. The number of ether oxygens (including phenoxy) is 1. The van der Waals surface area contributed by atoms with E-state index in [2.05, 4.69) is 4.98 Å². The molecule has 0 atom stereocenters. The van der Waals surface area contributed by atoms with E-state index in [1.165, 1.54) is 30.5 Å². The number of carbonyl (C=O) groups is 1. The number of phenols is 1. The van der Waals surface area contributed by atoms with Crippen molar-refractivity contribution in [2.24, 2.45) is 0 Å².